The molecule has 1 aliphatic rings. The van der Waals surface area contributed by atoms with E-state index in [-0.39, 0.29) is 17.3 Å². The van der Waals surface area contributed by atoms with Gasteiger partial charge in [-0.3, -0.25) is 0 Å². The molecule has 0 radical (unpaired) electrons. The van der Waals surface area contributed by atoms with E-state index in [1.165, 1.54) is 18.2 Å². The minimum Gasteiger partial charge on any atom is -0.375 e. The van der Waals surface area contributed by atoms with Crippen molar-refractivity contribution in [2.75, 3.05) is 26.8 Å². The monoisotopic (exact) mass is 408 g/mol. The number of hydrogen-bond donors (Lipinski definition) is 0. The van der Waals surface area contributed by atoms with Gasteiger partial charge in [-0.25, -0.2) is 13.8 Å². The molecule has 1 aliphatic heterocycles. The van der Waals surface area contributed by atoms with Gasteiger partial charge in [0, 0.05) is 13.6 Å². The Morgan fingerprint density at radius 1 is 1.25 bits per heavy atom. The molecule has 7 heteroatoms. The molecule has 0 saturated carbocycles. The van der Waals surface area contributed by atoms with E-state index in [9.17, 15) is 8.78 Å². The van der Waals surface area contributed by atoms with Crippen molar-refractivity contribution in [3.05, 3.63) is 63.7 Å². The van der Waals surface area contributed by atoms with Gasteiger partial charge in [0.25, 0.3) is 0 Å². The molecule has 28 heavy (non-hydrogen) atoms. The van der Waals surface area contributed by atoms with Crippen LogP contribution in [-0.2, 0) is 21.7 Å². The first-order valence-electron chi connectivity index (χ1n) is 9.05. The standard InChI is InChI=1S/C21H23ClF2N2O2/c1-4-26(3)13-25-20-7-14(2)16(9-19(20)24)21(11-27-12-21)28-10-15-5-6-18(23)17(22)8-15/h5-9,13H,4,10-12H2,1-3H3. The van der Waals surface area contributed by atoms with Crippen LogP contribution in [0.3, 0.4) is 0 Å². The van der Waals surface area contributed by atoms with Crippen LogP contribution in [0.1, 0.15) is 23.6 Å². The van der Waals surface area contributed by atoms with E-state index in [0.29, 0.717) is 13.2 Å². The second kappa shape index (κ2) is 8.55. The first-order chi connectivity index (χ1) is 13.3. The number of nitrogens with zero attached hydrogens (tertiary/aromatic N) is 2. The van der Waals surface area contributed by atoms with E-state index in [2.05, 4.69) is 4.99 Å². The molecule has 1 heterocycles. The van der Waals surface area contributed by atoms with Gasteiger partial charge in [0.15, 0.2) is 0 Å². The van der Waals surface area contributed by atoms with Crippen molar-refractivity contribution >= 4 is 23.6 Å². The predicted molar refractivity (Wildman–Crippen MR) is 106 cm³/mol. The van der Waals surface area contributed by atoms with Crippen molar-refractivity contribution < 1.29 is 18.3 Å². The van der Waals surface area contributed by atoms with Crippen molar-refractivity contribution in [1.29, 1.82) is 0 Å². The third-order valence-corrected chi connectivity index (χ3v) is 5.14. The van der Waals surface area contributed by atoms with Crippen molar-refractivity contribution in [2.45, 2.75) is 26.1 Å². The highest BCUT2D eigenvalue weighted by atomic mass is 35.5. The molecule has 1 saturated heterocycles. The van der Waals surface area contributed by atoms with Gasteiger partial charge in [-0.1, -0.05) is 17.7 Å². The molecule has 4 nitrogen and oxygen atoms in total. The van der Waals surface area contributed by atoms with Gasteiger partial charge in [-0.2, -0.15) is 0 Å². The number of aryl methyl sites for hydroxylation is 1. The fraction of sp³-hybridized carbons (Fsp3) is 0.381. The zero-order valence-electron chi connectivity index (χ0n) is 16.1. The maximum atomic E-state index is 14.6. The number of ether oxygens (including phenoxy) is 2. The zero-order valence-corrected chi connectivity index (χ0v) is 16.9. The van der Waals surface area contributed by atoms with E-state index in [0.717, 1.165) is 23.2 Å². The van der Waals surface area contributed by atoms with Gasteiger partial charge in [0.05, 0.1) is 31.2 Å². The van der Waals surface area contributed by atoms with E-state index >= 15 is 0 Å². The Labute approximate surface area is 168 Å². The van der Waals surface area contributed by atoms with Crippen molar-refractivity contribution in [3.63, 3.8) is 0 Å². The second-order valence-electron chi connectivity index (χ2n) is 6.96. The van der Waals surface area contributed by atoms with E-state index < -0.39 is 17.2 Å². The van der Waals surface area contributed by atoms with Gasteiger partial charge in [-0.15, -0.1) is 0 Å². The van der Waals surface area contributed by atoms with Gasteiger partial charge >= 0.3 is 0 Å². The molecule has 0 spiro atoms. The largest absolute Gasteiger partial charge is 0.375 e. The summed E-state index contributed by atoms with van der Waals surface area (Å²) >= 11 is 5.83. The molecule has 2 aromatic carbocycles. The summed E-state index contributed by atoms with van der Waals surface area (Å²) in [5, 5.41) is 0.0431. The Morgan fingerprint density at radius 3 is 2.61 bits per heavy atom. The molecular weight excluding hydrogens is 386 g/mol. The lowest BCUT2D eigenvalue weighted by Gasteiger charge is -2.42. The quantitative estimate of drug-likeness (QED) is 0.478. The maximum Gasteiger partial charge on any atom is 0.149 e. The van der Waals surface area contributed by atoms with Crippen molar-refractivity contribution in [2.24, 2.45) is 4.99 Å². The summed E-state index contributed by atoms with van der Waals surface area (Å²) in [6.07, 6.45) is 1.61. The topological polar surface area (TPSA) is 34.1 Å². The lowest BCUT2D eigenvalue weighted by molar-refractivity contribution is -0.223. The summed E-state index contributed by atoms with van der Waals surface area (Å²) in [6, 6.07) is 7.62. The van der Waals surface area contributed by atoms with Crippen LogP contribution < -0.4 is 0 Å². The average Bonchev–Trinajstić information content (AvgIpc) is 2.64. The van der Waals surface area contributed by atoms with Crippen LogP contribution in [-0.4, -0.2) is 38.0 Å². The number of halogens is 3. The third kappa shape index (κ3) is 4.35. The van der Waals surface area contributed by atoms with Crippen LogP contribution in [0.4, 0.5) is 14.5 Å². The van der Waals surface area contributed by atoms with Crippen molar-refractivity contribution in [3.8, 4) is 0 Å². The molecule has 150 valence electrons. The minimum atomic E-state index is -0.742. The van der Waals surface area contributed by atoms with Crippen molar-refractivity contribution in [1.82, 2.24) is 4.90 Å². The van der Waals surface area contributed by atoms with Gasteiger partial charge < -0.3 is 14.4 Å². The molecule has 0 unspecified atom stereocenters. The van der Waals surface area contributed by atoms with Crippen LogP contribution in [0.5, 0.6) is 0 Å². The first-order valence-corrected chi connectivity index (χ1v) is 9.43. The molecule has 0 N–H and O–H groups in total. The predicted octanol–water partition coefficient (Wildman–Crippen LogP) is 4.98. The number of aliphatic imine (C=N–C) groups is 1. The Morgan fingerprint density at radius 2 is 2.00 bits per heavy atom. The molecule has 2 aromatic rings. The molecule has 0 amide bonds. The van der Waals surface area contributed by atoms with Gasteiger partial charge in [-0.05, 0) is 54.8 Å². The summed E-state index contributed by atoms with van der Waals surface area (Å²) in [6.45, 7) is 5.53. The van der Waals surface area contributed by atoms with E-state index in [1.54, 1.807) is 18.5 Å². The number of hydrogen-bond acceptors (Lipinski definition) is 3. The number of benzene rings is 2. The summed E-state index contributed by atoms with van der Waals surface area (Å²) < 4.78 is 39.5. The summed E-state index contributed by atoms with van der Waals surface area (Å²) in [5.41, 5.74) is 1.87. The molecule has 3 rings (SSSR count). The summed E-state index contributed by atoms with van der Waals surface area (Å²) in [5.74, 6) is -0.893. The number of rotatable bonds is 7. The Bertz CT molecular complexity index is 885. The molecular formula is C21H23ClF2N2O2. The summed E-state index contributed by atoms with van der Waals surface area (Å²) in [4.78, 5) is 6.08. The molecule has 0 aromatic heterocycles. The Hall–Kier alpha value is -2.02. The Kier molecular flexibility index (Phi) is 6.33. The first kappa shape index (κ1) is 20.7. The highest BCUT2D eigenvalue weighted by Crippen LogP contribution is 2.39. The van der Waals surface area contributed by atoms with Crippen LogP contribution in [0.15, 0.2) is 35.3 Å². The van der Waals surface area contributed by atoms with E-state index in [1.807, 2.05) is 25.8 Å². The van der Waals surface area contributed by atoms with E-state index in [4.69, 9.17) is 21.1 Å². The lowest BCUT2D eigenvalue weighted by Crippen LogP contribution is -2.49. The van der Waals surface area contributed by atoms with Gasteiger partial charge in [0.2, 0.25) is 0 Å². The second-order valence-corrected chi connectivity index (χ2v) is 7.37. The zero-order chi connectivity index (χ0) is 20.3. The van der Waals surface area contributed by atoms with Crippen LogP contribution >= 0.6 is 11.6 Å². The average molecular weight is 409 g/mol. The molecule has 1 fully saturated rings. The highest BCUT2D eigenvalue weighted by Gasteiger charge is 2.43. The Balaban J connectivity index is 1.82. The highest BCUT2D eigenvalue weighted by molar-refractivity contribution is 6.30. The lowest BCUT2D eigenvalue weighted by atomic mass is 9.87. The van der Waals surface area contributed by atoms with Gasteiger partial charge in [0.1, 0.15) is 22.9 Å². The maximum absolute atomic E-state index is 14.6. The fourth-order valence-electron chi connectivity index (χ4n) is 2.95. The molecule has 0 atom stereocenters. The minimum absolute atomic E-state index is 0.0431. The van der Waals surface area contributed by atoms with Crippen LogP contribution in [0.2, 0.25) is 5.02 Å². The fourth-order valence-corrected chi connectivity index (χ4v) is 3.16. The normalized spacial score (nSPS) is 15.6. The molecule has 0 aliphatic carbocycles. The SMILES string of the molecule is CCN(C)C=Nc1cc(C)c(C2(OCc3ccc(F)c(Cl)c3)COC2)cc1F. The van der Waals surface area contributed by atoms with Crippen LogP contribution in [0.25, 0.3) is 0 Å². The summed E-state index contributed by atoms with van der Waals surface area (Å²) in [7, 11) is 1.87. The van der Waals surface area contributed by atoms with Crippen LogP contribution in [0, 0.1) is 18.6 Å². The smallest absolute Gasteiger partial charge is 0.149 e. The third-order valence-electron chi connectivity index (χ3n) is 4.85. The molecule has 0 bridgehead atoms.